The van der Waals surface area contributed by atoms with Crippen LogP contribution >= 0.6 is 0 Å². The van der Waals surface area contributed by atoms with E-state index in [0.29, 0.717) is 0 Å². The van der Waals surface area contributed by atoms with Crippen LogP contribution in [0.3, 0.4) is 0 Å². The Balaban J connectivity index is 2.35. The van der Waals surface area contributed by atoms with Crippen LogP contribution in [0.5, 0.6) is 0 Å². The van der Waals surface area contributed by atoms with Crippen molar-refractivity contribution in [1.82, 2.24) is 0 Å². The van der Waals surface area contributed by atoms with Crippen molar-refractivity contribution in [2.24, 2.45) is 0 Å². The lowest BCUT2D eigenvalue weighted by atomic mass is 10.1. The zero-order chi connectivity index (χ0) is 9.90. The zero-order valence-corrected chi connectivity index (χ0v) is 8.78. The minimum absolute atomic E-state index is 1.07. The van der Waals surface area contributed by atoms with E-state index in [1.54, 1.807) is 0 Å². The lowest BCUT2D eigenvalue weighted by Gasteiger charge is -1.92. The van der Waals surface area contributed by atoms with Crippen molar-refractivity contribution in [1.29, 1.82) is 0 Å². The van der Waals surface area contributed by atoms with Crippen LogP contribution in [0.15, 0.2) is 42.5 Å². The Morgan fingerprint density at radius 1 is 0.714 bits per heavy atom. The molecular weight excluding hydrogens is 168 g/mol. The molecule has 1 radical (unpaired) electrons. The van der Waals surface area contributed by atoms with E-state index in [1.165, 1.54) is 32.1 Å². The van der Waals surface area contributed by atoms with Crippen molar-refractivity contribution in [2.75, 3.05) is 0 Å². The van der Waals surface area contributed by atoms with Gasteiger partial charge in [-0.05, 0) is 44.6 Å². The lowest BCUT2D eigenvalue weighted by molar-refractivity contribution is 0.834. The summed E-state index contributed by atoms with van der Waals surface area (Å²) in [6, 6.07) is 0. The Hall–Kier alpha value is -1.04. The van der Waals surface area contributed by atoms with Crippen molar-refractivity contribution in [3.8, 4) is 0 Å². The Labute approximate surface area is 87.7 Å². The Kier molecular flexibility index (Phi) is 6.74. The van der Waals surface area contributed by atoms with E-state index >= 15 is 0 Å². The van der Waals surface area contributed by atoms with Gasteiger partial charge in [-0.3, -0.25) is 0 Å². The average molecular weight is 187 g/mol. The fourth-order valence-electron chi connectivity index (χ4n) is 1.36. The maximum Gasteiger partial charge on any atom is -0.0273 e. The van der Waals surface area contributed by atoms with Gasteiger partial charge in [0.1, 0.15) is 0 Å². The highest BCUT2D eigenvalue weighted by atomic mass is 13.9. The molecule has 0 bridgehead atoms. The third-order valence-electron chi connectivity index (χ3n) is 2.17. The minimum Gasteiger partial charge on any atom is -0.0885 e. The predicted molar refractivity (Wildman–Crippen MR) is 62.9 cm³/mol. The molecule has 1 aliphatic carbocycles. The van der Waals surface area contributed by atoms with Gasteiger partial charge in [0.15, 0.2) is 0 Å². The molecule has 0 unspecified atom stereocenters. The fraction of sp³-hybridized carbons (Fsp3) is 0.429. The topological polar surface area (TPSA) is 0 Å². The summed E-state index contributed by atoms with van der Waals surface area (Å²) in [5.41, 5.74) is 0. The molecule has 14 heavy (non-hydrogen) atoms. The van der Waals surface area contributed by atoms with Gasteiger partial charge in [-0.1, -0.05) is 42.5 Å². The number of rotatable bonds is 0. The standard InChI is InChI=1S/C14H19/c1-2-4-6-8-10-12-14-13-11-9-7-5-3-1/h1-5,12,14H,6,8-11,13H2. The molecule has 0 heteroatoms. The Morgan fingerprint density at radius 2 is 1.50 bits per heavy atom. The molecule has 0 fully saturated rings. The number of allylic oxidation sites excluding steroid dienone is 8. The van der Waals surface area contributed by atoms with Crippen LogP contribution in [0.4, 0.5) is 0 Å². The molecule has 0 aromatic carbocycles. The van der Waals surface area contributed by atoms with Crippen LogP contribution in [-0.2, 0) is 0 Å². The van der Waals surface area contributed by atoms with Crippen molar-refractivity contribution in [3.63, 3.8) is 0 Å². The molecule has 0 atom stereocenters. The predicted octanol–water partition coefficient (Wildman–Crippen LogP) is 4.37. The highest BCUT2D eigenvalue weighted by Crippen LogP contribution is 2.02. The van der Waals surface area contributed by atoms with E-state index in [-0.39, 0.29) is 0 Å². The van der Waals surface area contributed by atoms with Gasteiger partial charge in [0.05, 0.1) is 0 Å². The second kappa shape index (κ2) is 8.55. The SMILES string of the molecule is [C]1=CC=CC=CCCCC=CCCC1. The summed E-state index contributed by atoms with van der Waals surface area (Å²) in [5.74, 6) is 0. The molecule has 0 saturated heterocycles. The summed E-state index contributed by atoms with van der Waals surface area (Å²) in [6.45, 7) is 0. The first-order valence-corrected chi connectivity index (χ1v) is 5.53. The van der Waals surface area contributed by atoms with E-state index in [2.05, 4.69) is 42.5 Å². The summed E-state index contributed by atoms with van der Waals surface area (Å²) in [5, 5.41) is 0. The number of hydrogen-bond acceptors (Lipinski definition) is 0. The average Bonchev–Trinajstić information content (AvgIpc) is 2.22. The maximum absolute atomic E-state index is 3.26. The normalized spacial score (nSPS) is 19.4. The van der Waals surface area contributed by atoms with Gasteiger partial charge in [0.2, 0.25) is 0 Å². The monoisotopic (exact) mass is 187 g/mol. The van der Waals surface area contributed by atoms with Crippen LogP contribution in [0.2, 0.25) is 0 Å². The second-order valence-corrected chi connectivity index (χ2v) is 3.48. The largest absolute Gasteiger partial charge is 0.0885 e. The van der Waals surface area contributed by atoms with Gasteiger partial charge in [-0.15, -0.1) is 0 Å². The fourth-order valence-corrected chi connectivity index (χ4v) is 1.36. The summed E-state index contributed by atoms with van der Waals surface area (Å²) in [4.78, 5) is 0. The smallest absolute Gasteiger partial charge is 0.0273 e. The van der Waals surface area contributed by atoms with E-state index in [4.69, 9.17) is 0 Å². The molecule has 0 amide bonds. The molecule has 0 saturated carbocycles. The van der Waals surface area contributed by atoms with E-state index in [1.807, 2.05) is 6.08 Å². The quantitative estimate of drug-likeness (QED) is 0.494. The lowest BCUT2D eigenvalue weighted by Crippen LogP contribution is -1.72. The van der Waals surface area contributed by atoms with Gasteiger partial charge in [-0.25, -0.2) is 0 Å². The molecule has 1 rings (SSSR count). The molecule has 1 aliphatic rings. The van der Waals surface area contributed by atoms with Crippen LogP contribution in [0, 0.1) is 6.08 Å². The zero-order valence-electron chi connectivity index (χ0n) is 8.78. The summed E-state index contributed by atoms with van der Waals surface area (Å²) in [6.07, 6.45) is 25.5. The molecule has 0 aromatic rings. The molecule has 0 heterocycles. The Bertz CT molecular complexity index is 204. The molecular formula is C14H19. The van der Waals surface area contributed by atoms with E-state index < -0.39 is 0 Å². The first kappa shape index (κ1) is 11.0. The first-order valence-electron chi connectivity index (χ1n) is 5.53. The van der Waals surface area contributed by atoms with Crippen LogP contribution in [-0.4, -0.2) is 0 Å². The summed E-state index contributed by atoms with van der Waals surface area (Å²) < 4.78 is 0. The van der Waals surface area contributed by atoms with Gasteiger partial charge < -0.3 is 0 Å². The third kappa shape index (κ3) is 6.47. The van der Waals surface area contributed by atoms with Crippen molar-refractivity contribution in [2.45, 2.75) is 38.5 Å². The first-order chi connectivity index (χ1) is 7.00. The molecule has 0 aromatic heterocycles. The second-order valence-electron chi connectivity index (χ2n) is 3.48. The van der Waals surface area contributed by atoms with Crippen LogP contribution in [0.25, 0.3) is 0 Å². The Morgan fingerprint density at radius 3 is 2.43 bits per heavy atom. The number of hydrogen-bond donors (Lipinski definition) is 0. The van der Waals surface area contributed by atoms with Crippen LogP contribution < -0.4 is 0 Å². The van der Waals surface area contributed by atoms with Crippen LogP contribution in [0.1, 0.15) is 38.5 Å². The third-order valence-corrected chi connectivity index (χ3v) is 2.17. The summed E-state index contributed by atoms with van der Waals surface area (Å²) >= 11 is 0. The minimum atomic E-state index is 1.07. The van der Waals surface area contributed by atoms with E-state index in [0.717, 1.165) is 6.42 Å². The molecule has 0 N–H and O–H groups in total. The maximum atomic E-state index is 3.26. The van der Waals surface area contributed by atoms with Gasteiger partial charge in [0, 0.05) is 0 Å². The summed E-state index contributed by atoms with van der Waals surface area (Å²) in [7, 11) is 0. The van der Waals surface area contributed by atoms with Crippen molar-refractivity contribution < 1.29 is 0 Å². The van der Waals surface area contributed by atoms with Gasteiger partial charge >= 0.3 is 0 Å². The van der Waals surface area contributed by atoms with Gasteiger partial charge in [-0.2, -0.15) is 0 Å². The highest BCUT2D eigenvalue weighted by Gasteiger charge is 1.83. The van der Waals surface area contributed by atoms with Crippen molar-refractivity contribution >= 4 is 0 Å². The molecule has 75 valence electrons. The molecule has 0 nitrogen and oxygen atoms in total. The highest BCUT2D eigenvalue weighted by molar-refractivity contribution is 5.09. The van der Waals surface area contributed by atoms with Gasteiger partial charge in [0.25, 0.3) is 0 Å². The molecule has 0 spiro atoms. The van der Waals surface area contributed by atoms with Crippen molar-refractivity contribution in [3.05, 3.63) is 48.6 Å². The molecule has 0 aliphatic heterocycles. The van der Waals surface area contributed by atoms with E-state index in [9.17, 15) is 0 Å².